The average Bonchev–Trinajstić information content (AvgIpc) is 3.01. The Morgan fingerprint density at radius 2 is 1.95 bits per heavy atom. The van der Waals surface area contributed by atoms with Crippen LogP contribution in [-0.4, -0.2) is 36.5 Å². The molecule has 1 heterocycles. The Kier molecular flexibility index (Phi) is 5.83. The summed E-state index contributed by atoms with van der Waals surface area (Å²) in [5.74, 6) is -0.00371. The smallest absolute Gasteiger partial charge is 0.246 e. The monoisotopic (exact) mass is 306 g/mol. The van der Waals surface area contributed by atoms with E-state index in [1.54, 1.807) is 0 Å². The van der Waals surface area contributed by atoms with Crippen LogP contribution in [0.2, 0.25) is 5.02 Å². The van der Waals surface area contributed by atoms with Crippen LogP contribution in [0.3, 0.4) is 0 Å². The Balaban J connectivity index is 1.85. The average molecular weight is 307 g/mol. The lowest BCUT2D eigenvalue weighted by molar-refractivity contribution is -0.117. The van der Waals surface area contributed by atoms with E-state index in [4.69, 9.17) is 11.6 Å². The number of hydrogen-bond acceptors (Lipinski definition) is 2. The highest BCUT2D eigenvalue weighted by Crippen LogP contribution is 2.13. The molecule has 1 N–H and O–H groups in total. The molecule has 0 spiro atoms. The molecule has 1 aliphatic rings. The number of rotatable bonds is 5. The molecular weight excluding hydrogens is 284 g/mol. The van der Waals surface area contributed by atoms with Crippen molar-refractivity contribution in [2.45, 2.75) is 32.7 Å². The molecule has 4 heteroatoms. The van der Waals surface area contributed by atoms with Crippen molar-refractivity contribution < 1.29 is 4.79 Å². The Morgan fingerprint density at radius 1 is 1.33 bits per heavy atom. The predicted octanol–water partition coefficient (Wildman–Crippen LogP) is 3.34. The fraction of sp³-hybridized carbons (Fsp3) is 0.471. The zero-order valence-corrected chi connectivity index (χ0v) is 13.5. The van der Waals surface area contributed by atoms with Crippen LogP contribution < -0.4 is 5.32 Å². The van der Waals surface area contributed by atoms with Crippen molar-refractivity contribution in [3.05, 3.63) is 40.4 Å². The summed E-state index contributed by atoms with van der Waals surface area (Å²) in [7, 11) is 0. The van der Waals surface area contributed by atoms with Gasteiger partial charge in [0.05, 0.1) is 0 Å². The Labute approximate surface area is 132 Å². The molecule has 0 radical (unpaired) electrons. The van der Waals surface area contributed by atoms with Crippen LogP contribution in [-0.2, 0) is 4.79 Å². The first-order valence-electron chi connectivity index (χ1n) is 7.52. The first-order valence-corrected chi connectivity index (χ1v) is 7.90. The quantitative estimate of drug-likeness (QED) is 0.846. The molecule has 1 aromatic rings. The van der Waals surface area contributed by atoms with Crippen LogP contribution >= 0.6 is 11.6 Å². The topological polar surface area (TPSA) is 32.3 Å². The molecule has 2 rings (SSSR count). The molecule has 1 amide bonds. The van der Waals surface area contributed by atoms with Crippen molar-refractivity contribution in [3.63, 3.8) is 0 Å². The van der Waals surface area contributed by atoms with Gasteiger partial charge in [-0.1, -0.05) is 23.7 Å². The summed E-state index contributed by atoms with van der Waals surface area (Å²) < 4.78 is 0. The maximum Gasteiger partial charge on any atom is 0.246 e. The van der Waals surface area contributed by atoms with E-state index in [1.165, 1.54) is 12.8 Å². The highest BCUT2D eigenvalue weighted by Gasteiger charge is 2.18. The summed E-state index contributed by atoms with van der Waals surface area (Å²) in [6.07, 6.45) is 4.42. The van der Waals surface area contributed by atoms with Gasteiger partial charge in [0.1, 0.15) is 0 Å². The molecule has 1 aliphatic heterocycles. The minimum atomic E-state index is -0.00371. The highest BCUT2D eigenvalue weighted by molar-refractivity contribution is 6.30. The third-order valence-corrected chi connectivity index (χ3v) is 4.19. The minimum absolute atomic E-state index is 0.00371. The van der Waals surface area contributed by atoms with Crippen LogP contribution in [0.1, 0.15) is 32.3 Å². The molecule has 114 valence electrons. The van der Waals surface area contributed by atoms with Crippen molar-refractivity contribution in [2.24, 2.45) is 0 Å². The molecule has 1 atom stereocenters. The van der Waals surface area contributed by atoms with Crippen molar-refractivity contribution in [2.75, 3.05) is 19.6 Å². The number of likely N-dealkylation sites (tertiary alicyclic amines) is 1. The number of hydrogen-bond donors (Lipinski definition) is 1. The molecule has 3 nitrogen and oxygen atoms in total. The van der Waals surface area contributed by atoms with Gasteiger partial charge in [0.25, 0.3) is 0 Å². The number of amides is 1. The predicted molar refractivity (Wildman–Crippen MR) is 88.4 cm³/mol. The molecular formula is C17H23ClN2O. The first-order chi connectivity index (χ1) is 10.1. The van der Waals surface area contributed by atoms with Gasteiger partial charge in [-0.15, -0.1) is 0 Å². The largest absolute Gasteiger partial charge is 0.351 e. The SMILES string of the molecule is C/C(=C\c1ccc(Cl)cc1)C(=O)NCC(C)N1CCCC1. The number of halogens is 1. The van der Waals surface area contributed by atoms with Crippen LogP contribution in [0.15, 0.2) is 29.8 Å². The van der Waals surface area contributed by atoms with Gasteiger partial charge in [0.2, 0.25) is 5.91 Å². The summed E-state index contributed by atoms with van der Waals surface area (Å²) >= 11 is 5.85. The van der Waals surface area contributed by atoms with Gasteiger partial charge >= 0.3 is 0 Å². The first kappa shape index (κ1) is 16.1. The molecule has 1 aromatic carbocycles. The zero-order chi connectivity index (χ0) is 15.2. The van der Waals surface area contributed by atoms with Crippen LogP contribution in [0.5, 0.6) is 0 Å². The van der Waals surface area contributed by atoms with E-state index < -0.39 is 0 Å². The van der Waals surface area contributed by atoms with E-state index in [0.717, 1.165) is 18.7 Å². The summed E-state index contributed by atoms with van der Waals surface area (Å²) in [5.41, 5.74) is 1.70. The molecule has 0 aromatic heterocycles. The fourth-order valence-electron chi connectivity index (χ4n) is 2.57. The number of nitrogens with zero attached hydrogens (tertiary/aromatic N) is 1. The van der Waals surface area contributed by atoms with E-state index in [9.17, 15) is 4.79 Å². The molecule has 1 fully saturated rings. The zero-order valence-electron chi connectivity index (χ0n) is 12.7. The standard InChI is InChI=1S/C17H23ClN2O/c1-13(11-15-5-7-16(18)8-6-15)17(21)19-12-14(2)20-9-3-4-10-20/h5-8,11,14H,3-4,9-10,12H2,1-2H3,(H,19,21)/b13-11+. The summed E-state index contributed by atoms with van der Waals surface area (Å²) in [5, 5.41) is 3.72. The van der Waals surface area contributed by atoms with E-state index in [2.05, 4.69) is 17.1 Å². The number of nitrogens with one attached hydrogen (secondary N) is 1. The van der Waals surface area contributed by atoms with Crippen LogP contribution in [0, 0.1) is 0 Å². The van der Waals surface area contributed by atoms with Gasteiger partial charge in [-0.05, 0) is 63.6 Å². The summed E-state index contributed by atoms with van der Waals surface area (Å²) in [6.45, 7) is 7.01. The van der Waals surface area contributed by atoms with Crippen LogP contribution in [0.4, 0.5) is 0 Å². The second kappa shape index (κ2) is 7.62. The van der Waals surface area contributed by atoms with Crippen molar-refractivity contribution in [1.29, 1.82) is 0 Å². The molecule has 1 saturated heterocycles. The molecule has 0 bridgehead atoms. The Morgan fingerprint density at radius 3 is 2.57 bits per heavy atom. The van der Waals surface area contributed by atoms with E-state index in [1.807, 2.05) is 37.3 Å². The lowest BCUT2D eigenvalue weighted by Gasteiger charge is -2.23. The minimum Gasteiger partial charge on any atom is -0.351 e. The Bertz CT molecular complexity index is 504. The molecule has 1 unspecified atom stereocenters. The van der Waals surface area contributed by atoms with E-state index in [-0.39, 0.29) is 5.91 Å². The van der Waals surface area contributed by atoms with Gasteiger partial charge in [-0.25, -0.2) is 0 Å². The Hall–Kier alpha value is -1.32. The number of carbonyl (C=O) groups is 1. The lowest BCUT2D eigenvalue weighted by atomic mass is 10.1. The molecule has 0 saturated carbocycles. The third kappa shape index (κ3) is 4.87. The molecule has 0 aliphatic carbocycles. The van der Waals surface area contributed by atoms with Crippen molar-refractivity contribution >= 4 is 23.6 Å². The lowest BCUT2D eigenvalue weighted by Crippen LogP contribution is -2.40. The maximum absolute atomic E-state index is 12.1. The third-order valence-electron chi connectivity index (χ3n) is 3.93. The summed E-state index contributed by atoms with van der Waals surface area (Å²) in [6, 6.07) is 7.87. The van der Waals surface area contributed by atoms with E-state index in [0.29, 0.717) is 23.2 Å². The fourth-order valence-corrected chi connectivity index (χ4v) is 2.69. The van der Waals surface area contributed by atoms with Gasteiger partial charge in [-0.2, -0.15) is 0 Å². The van der Waals surface area contributed by atoms with E-state index >= 15 is 0 Å². The molecule has 21 heavy (non-hydrogen) atoms. The van der Waals surface area contributed by atoms with Gasteiger partial charge in [-0.3, -0.25) is 9.69 Å². The normalized spacial score (nSPS) is 17.8. The second-order valence-corrected chi connectivity index (χ2v) is 6.12. The van der Waals surface area contributed by atoms with Crippen molar-refractivity contribution in [1.82, 2.24) is 10.2 Å². The number of carbonyl (C=O) groups excluding carboxylic acids is 1. The van der Waals surface area contributed by atoms with Crippen molar-refractivity contribution in [3.8, 4) is 0 Å². The highest BCUT2D eigenvalue weighted by atomic mass is 35.5. The van der Waals surface area contributed by atoms with Crippen LogP contribution in [0.25, 0.3) is 6.08 Å². The maximum atomic E-state index is 12.1. The van der Waals surface area contributed by atoms with Gasteiger partial charge < -0.3 is 5.32 Å². The van der Waals surface area contributed by atoms with Gasteiger partial charge in [0.15, 0.2) is 0 Å². The van der Waals surface area contributed by atoms with Gasteiger partial charge in [0, 0.05) is 23.2 Å². The summed E-state index contributed by atoms with van der Waals surface area (Å²) in [4.78, 5) is 14.5. The number of benzene rings is 1. The second-order valence-electron chi connectivity index (χ2n) is 5.68.